The van der Waals surface area contributed by atoms with Crippen molar-refractivity contribution >= 4 is 11.8 Å². The van der Waals surface area contributed by atoms with Crippen LogP contribution in [0.1, 0.15) is 22.8 Å². The lowest BCUT2D eigenvalue weighted by atomic mass is 10.1. The molecule has 0 heterocycles. The van der Waals surface area contributed by atoms with Gasteiger partial charge in [-0.15, -0.1) is 0 Å². The van der Waals surface area contributed by atoms with Crippen LogP contribution < -0.4 is 10.6 Å². The fourth-order valence-electron chi connectivity index (χ4n) is 2.07. The van der Waals surface area contributed by atoms with Crippen molar-refractivity contribution in [2.45, 2.75) is 19.4 Å². The zero-order valence-electron chi connectivity index (χ0n) is 12.9. The van der Waals surface area contributed by atoms with Crippen LogP contribution in [0.3, 0.4) is 0 Å². The fraction of sp³-hybridized carbons (Fsp3) is 0.222. The number of benzene rings is 2. The minimum Gasteiger partial charge on any atom is -0.354 e. The smallest absolute Gasteiger partial charge is 0.251 e. The first-order valence-corrected chi connectivity index (χ1v) is 7.44. The van der Waals surface area contributed by atoms with Crippen molar-refractivity contribution < 1.29 is 14.0 Å². The lowest BCUT2D eigenvalue weighted by Crippen LogP contribution is -2.45. The van der Waals surface area contributed by atoms with Crippen LogP contribution in [0.4, 0.5) is 4.39 Å². The van der Waals surface area contributed by atoms with Gasteiger partial charge in [0.15, 0.2) is 0 Å². The Morgan fingerprint density at radius 3 is 2.35 bits per heavy atom. The molecular weight excluding hydrogens is 295 g/mol. The molecule has 0 saturated carbocycles. The zero-order valence-corrected chi connectivity index (χ0v) is 12.9. The van der Waals surface area contributed by atoms with Crippen molar-refractivity contribution in [2.24, 2.45) is 0 Å². The van der Waals surface area contributed by atoms with Gasteiger partial charge < -0.3 is 10.6 Å². The first-order chi connectivity index (χ1) is 11.1. The maximum absolute atomic E-state index is 12.8. The van der Waals surface area contributed by atoms with E-state index in [0.29, 0.717) is 18.5 Å². The summed E-state index contributed by atoms with van der Waals surface area (Å²) >= 11 is 0. The number of carbonyl (C=O) groups excluding carboxylic acids is 2. The maximum atomic E-state index is 12.8. The van der Waals surface area contributed by atoms with Gasteiger partial charge in [0.05, 0.1) is 0 Å². The molecule has 0 aliphatic rings. The first-order valence-electron chi connectivity index (χ1n) is 7.44. The van der Waals surface area contributed by atoms with Gasteiger partial charge in [0.1, 0.15) is 11.9 Å². The van der Waals surface area contributed by atoms with Crippen LogP contribution in [0.25, 0.3) is 0 Å². The Morgan fingerprint density at radius 1 is 1.04 bits per heavy atom. The van der Waals surface area contributed by atoms with E-state index in [9.17, 15) is 14.0 Å². The second-order valence-electron chi connectivity index (χ2n) is 5.23. The average molecular weight is 314 g/mol. The van der Waals surface area contributed by atoms with Gasteiger partial charge in [0.2, 0.25) is 5.91 Å². The summed E-state index contributed by atoms with van der Waals surface area (Å²) in [7, 11) is 0. The zero-order chi connectivity index (χ0) is 16.7. The maximum Gasteiger partial charge on any atom is 0.251 e. The van der Waals surface area contributed by atoms with Crippen LogP contribution in [-0.4, -0.2) is 24.4 Å². The molecule has 2 N–H and O–H groups in total. The molecule has 2 amide bonds. The number of hydrogen-bond donors (Lipinski definition) is 2. The van der Waals surface area contributed by atoms with E-state index in [-0.39, 0.29) is 17.6 Å². The molecular formula is C18H19FN2O2. The van der Waals surface area contributed by atoms with Crippen molar-refractivity contribution in [1.82, 2.24) is 10.6 Å². The van der Waals surface area contributed by atoms with E-state index in [1.165, 1.54) is 12.1 Å². The van der Waals surface area contributed by atoms with Crippen molar-refractivity contribution in [1.29, 1.82) is 0 Å². The van der Waals surface area contributed by atoms with Crippen LogP contribution in [-0.2, 0) is 11.2 Å². The van der Waals surface area contributed by atoms with Gasteiger partial charge in [0.25, 0.3) is 5.91 Å². The van der Waals surface area contributed by atoms with Crippen molar-refractivity contribution in [3.63, 3.8) is 0 Å². The Balaban J connectivity index is 1.76. The number of amides is 2. The van der Waals surface area contributed by atoms with Crippen LogP contribution in [0.15, 0.2) is 54.6 Å². The topological polar surface area (TPSA) is 58.2 Å². The minimum atomic E-state index is -0.629. The molecule has 0 aliphatic heterocycles. The summed E-state index contributed by atoms with van der Waals surface area (Å²) in [6, 6.07) is 14.2. The standard InChI is InChI=1S/C18H19FN2O2/c1-13(21-18(23)15-5-3-2-4-6-15)17(22)20-12-11-14-7-9-16(19)10-8-14/h2-10,13H,11-12H2,1H3,(H,20,22)(H,21,23). The van der Waals surface area contributed by atoms with Crippen LogP contribution in [0, 0.1) is 5.82 Å². The Morgan fingerprint density at radius 2 is 1.70 bits per heavy atom. The van der Waals surface area contributed by atoms with Crippen LogP contribution in [0.2, 0.25) is 0 Å². The molecule has 23 heavy (non-hydrogen) atoms. The third-order valence-corrected chi connectivity index (χ3v) is 3.40. The number of nitrogens with one attached hydrogen (secondary N) is 2. The van der Waals surface area contributed by atoms with Gasteiger partial charge in [0, 0.05) is 12.1 Å². The highest BCUT2D eigenvalue weighted by molar-refractivity contribution is 5.97. The van der Waals surface area contributed by atoms with Crippen molar-refractivity contribution in [2.75, 3.05) is 6.54 Å². The van der Waals surface area contributed by atoms with E-state index in [4.69, 9.17) is 0 Å². The van der Waals surface area contributed by atoms with Gasteiger partial charge in [-0.3, -0.25) is 9.59 Å². The third kappa shape index (κ3) is 5.21. The highest BCUT2D eigenvalue weighted by Crippen LogP contribution is 2.03. The lowest BCUT2D eigenvalue weighted by Gasteiger charge is -2.14. The molecule has 5 heteroatoms. The summed E-state index contributed by atoms with van der Waals surface area (Å²) in [6.07, 6.45) is 0.603. The molecule has 0 spiro atoms. The van der Waals surface area contributed by atoms with Crippen LogP contribution in [0.5, 0.6) is 0 Å². The van der Waals surface area contributed by atoms with E-state index in [2.05, 4.69) is 10.6 Å². The monoisotopic (exact) mass is 314 g/mol. The van der Waals surface area contributed by atoms with Crippen molar-refractivity contribution in [3.05, 3.63) is 71.5 Å². The summed E-state index contributed by atoms with van der Waals surface area (Å²) in [5, 5.41) is 5.41. The van der Waals surface area contributed by atoms with Gasteiger partial charge in [-0.05, 0) is 43.2 Å². The Labute approximate surface area is 134 Å². The third-order valence-electron chi connectivity index (χ3n) is 3.40. The summed E-state index contributed by atoms with van der Waals surface area (Å²) in [5.41, 5.74) is 1.45. The average Bonchev–Trinajstić information content (AvgIpc) is 2.57. The van der Waals surface area contributed by atoms with E-state index in [0.717, 1.165) is 5.56 Å². The molecule has 1 atom stereocenters. The Hall–Kier alpha value is -2.69. The summed E-state index contributed by atoms with van der Waals surface area (Å²) < 4.78 is 12.8. The fourth-order valence-corrected chi connectivity index (χ4v) is 2.07. The summed E-state index contributed by atoms with van der Waals surface area (Å²) in [5.74, 6) is -0.821. The lowest BCUT2D eigenvalue weighted by molar-refractivity contribution is -0.122. The molecule has 2 aromatic rings. The number of hydrogen-bond acceptors (Lipinski definition) is 2. The molecule has 0 fully saturated rings. The first kappa shape index (κ1) is 16.7. The van der Waals surface area contributed by atoms with E-state index in [1.807, 2.05) is 6.07 Å². The molecule has 4 nitrogen and oxygen atoms in total. The van der Waals surface area contributed by atoms with E-state index in [1.54, 1.807) is 43.3 Å². The molecule has 0 aromatic heterocycles. The predicted octanol–water partition coefficient (Wildman–Crippen LogP) is 2.30. The van der Waals surface area contributed by atoms with Crippen LogP contribution >= 0.6 is 0 Å². The second kappa shape index (κ2) is 8.08. The van der Waals surface area contributed by atoms with Gasteiger partial charge >= 0.3 is 0 Å². The largest absolute Gasteiger partial charge is 0.354 e. The molecule has 0 saturated heterocycles. The highest BCUT2D eigenvalue weighted by Gasteiger charge is 2.15. The quantitative estimate of drug-likeness (QED) is 0.859. The van der Waals surface area contributed by atoms with Gasteiger partial charge in [-0.2, -0.15) is 0 Å². The van der Waals surface area contributed by atoms with E-state index >= 15 is 0 Å². The predicted molar refractivity (Wildman–Crippen MR) is 86.5 cm³/mol. The van der Waals surface area contributed by atoms with E-state index < -0.39 is 6.04 Å². The summed E-state index contributed by atoms with van der Waals surface area (Å²) in [6.45, 7) is 2.06. The highest BCUT2D eigenvalue weighted by atomic mass is 19.1. The van der Waals surface area contributed by atoms with Crippen molar-refractivity contribution in [3.8, 4) is 0 Å². The normalized spacial score (nSPS) is 11.6. The molecule has 0 radical (unpaired) electrons. The number of carbonyl (C=O) groups is 2. The molecule has 2 rings (SSSR count). The van der Waals surface area contributed by atoms with Gasteiger partial charge in [-0.25, -0.2) is 4.39 Å². The Kier molecular flexibility index (Phi) is 5.86. The SMILES string of the molecule is CC(NC(=O)c1ccccc1)C(=O)NCCc1ccc(F)cc1. The molecule has 0 bridgehead atoms. The molecule has 1 unspecified atom stereocenters. The molecule has 120 valence electrons. The number of rotatable bonds is 6. The van der Waals surface area contributed by atoms with Gasteiger partial charge in [-0.1, -0.05) is 30.3 Å². The molecule has 2 aromatic carbocycles. The summed E-state index contributed by atoms with van der Waals surface area (Å²) in [4.78, 5) is 23.9. The second-order valence-corrected chi connectivity index (χ2v) is 5.23. The minimum absolute atomic E-state index is 0.253. The number of halogens is 1. The Bertz CT molecular complexity index is 656. The molecule has 0 aliphatic carbocycles.